The van der Waals surface area contributed by atoms with Gasteiger partial charge in [0.1, 0.15) is 5.82 Å². The van der Waals surface area contributed by atoms with Crippen molar-refractivity contribution in [3.05, 3.63) is 23.5 Å². The molecule has 0 spiro atoms. The lowest BCUT2D eigenvalue weighted by atomic mass is 10.2. The van der Waals surface area contributed by atoms with Gasteiger partial charge in [-0.25, -0.2) is 4.39 Å². The van der Waals surface area contributed by atoms with Gasteiger partial charge in [-0.1, -0.05) is 0 Å². The van der Waals surface area contributed by atoms with Crippen LogP contribution in [0.15, 0.2) is 12.1 Å². The molecule has 0 fully saturated rings. The van der Waals surface area contributed by atoms with E-state index in [9.17, 15) is 13.2 Å². The molecule has 0 aromatic heterocycles. The fourth-order valence-electron chi connectivity index (χ4n) is 0.884. The van der Waals surface area contributed by atoms with Crippen molar-refractivity contribution in [2.45, 2.75) is 13.5 Å². The molecule has 5 heteroatoms. The first-order valence-electron chi connectivity index (χ1n) is 3.51. The van der Waals surface area contributed by atoms with Crippen molar-refractivity contribution in [3.8, 4) is 5.75 Å². The Kier molecular flexibility index (Phi) is 2.65. The fraction of sp³-hybridized carbons (Fsp3) is 0.250. The van der Waals surface area contributed by atoms with E-state index in [4.69, 9.17) is 5.73 Å². The highest BCUT2D eigenvalue weighted by Crippen LogP contribution is 2.26. The Morgan fingerprint density at radius 2 is 2.00 bits per heavy atom. The van der Waals surface area contributed by atoms with Gasteiger partial charge >= 0.3 is 6.61 Å². The number of hydrogen-bond donors (Lipinski definition) is 1. The first-order valence-corrected chi connectivity index (χ1v) is 3.51. The Hall–Kier alpha value is -1.39. The van der Waals surface area contributed by atoms with E-state index >= 15 is 0 Å². The Bertz CT molecular complexity index is 315. The Labute approximate surface area is 73.1 Å². The molecule has 0 amide bonds. The number of ether oxygens (including phenoxy) is 1. The lowest BCUT2D eigenvalue weighted by Crippen LogP contribution is -2.05. The molecule has 2 nitrogen and oxygen atoms in total. The van der Waals surface area contributed by atoms with E-state index in [-0.39, 0.29) is 11.4 Å². The molecule has 0 unspecified atom stereocenters. The molecule has 0 aliphatic carbocycles. The Balaban J connectivity index is 3.01. The van der Waals surface area contributed by atoms with Crippen molar-refractivity contribution in [2.75, 3.05) is 5.73 Å². The van der Waals surface area contributed by atoms with E-state index in [1.165, 1.54) is 13.0 Å². The molecule has 0 radical (unpaired) electrons. The highest BCUT2D eigenvalue weighted by Gasteiger charge is 2.10. The van der Waals surface area contributed by atoms with Crippen molar-refractivity contribution < 1.29 is 17.9 Å². The van der Waals surface area contributed by atoms with Crippen LogP contribution >= 0.6 is 0 Å². The number of halogens is 3. The van der Waals surface area contributed by atoms with Crippen LogP contribution in [0, 0.1) is 12.7 Å². The molecule has 13 heavy (non-hydrogen) atoms. The molecule has 0 saturated heterocycles. The molecule has 0 atom stereocenters. The third-order valence-corrected chi connectivity index (χ3v) is 1.51. The second-order valence-electron chi connectivity index (χ2n) is 2.52. The average molecular weight is 191 g/mol. The molecule has 1 rings (SSSR count). The molecule has 0 heterocycles. The van der Waals surface area contributed by atoms with Crippen molar-refractivity contribution in [3.63, 3.8) is 0 Å². The van der Waals surface area contributed by atoms with E-state index in [2.05, 4.69) is 4.74 Å². The van der Waals surface area contributed by atoms with Gasteiger partial charge in [-0.05, 0) is 18.6 Å². The SMILES string of the molecule is Cc1cc(N)c(OC(F)F)cc1F. The van der Waals surface area contributed by atoms with Gasteiger partial charge in [0, 0.05) is 6.07 Å². The summed E-state index contributed by atoms with van der Waals surface area (Å²) < 4.78 is 40.3. The topological polar surface area (TPSA) is 35.2 Å². The maximum absolute atomic E-state index is 12.8. The maximum Gasteiger partial charge on any atom is 0.387 e. The number of anilines is 1. The van der Waals surface area contributed by atoms with Gasteiger partial charge in [0.25, 0.3) is 0 Å². The van der Waals surface area contributed by atoms with E-state index < -0.39 is 12.4 Å². The summed E-state index contributed by atoms with van der Waals surface area (Å²) in [6, 6.07) is 2.09. The summed E-state index contributed by atoms with van der Waals surface area (Å²) in [7, 11) is 0. The van der Waals surface area contributed by atoms with Crippen LogP contribution in [-0.2, 0) is 0 Å². The van der Waals surface area contributed by atoms with Gasteiger partial charge < -0.3 is 10.5 Å². The van der Waals surface area contributed by atoms with E-state index in [0.717, 1.165) is 6.07 Å². The van der Waals surface area contributed by atoms with Crippen LogP contribution in [0.25, 0.3) is 0 Å². The molecule has 0 aliphatic heterocycles. The Morgan fingerprint density at radius 1 is 1.38 bits per heavy atom. The first-order chi connectivity index (χ1) is 6.00. The van der Waals surface area contributed by atoms with E-state index in [1.807, 2.05) is 0 Å². The predicted octanol–water partition coefficient (Wildman–Crippen LogP) is 2.32. The quantitative estimate of drug-likeness (QED) is 0.728. The molecular weight excluding hydrogens is 183 g/mol. The zero-order chi connectivity index (χ0) is 10.0. The van der Waals surface area contributed by atoms with Crippen LogP contribution in [0.5, 0.6) is 5.75 Å². The number of aryl methyl sites for hydroxylation is 1. The van der Waals surface area contributed by atoms with E-state index in [0.29, 0.717) is 5.56 Å². The summed E-state index contributed by atoms with van der Waals surface area (Å²) in [6.07, 6.45) is 0. The minimum atomic E-state index is -3.00. The second kappa shape index (κ2) is 3.55. The van der Waals surface area contributed by atoms with Gasteiger partial charge in [-0.2, -0.15) is 8.78 Å². The number of rotatable bonds is 2. The van der Waals surface area contributed by atoms with Gasteiger partial charge in [0.05, 0.1) is 5.69 Å². The Morgan fingerprint density at radius 3 is 2.54 bits per heavy atom. The summed E-state index contributed by atoms with van der Waals surface area (Å²) in [6.45, 7) is -1.51. The minimum absolute atomic E-state index is 0.000741. The van der Waals surface area contributed by atoms with Crippen molar-refractivity contribution in [1.82, 2.24) is 0 Å². The fourth-order valence-corrected chi connectivity index (χ4v) is 0.884. The van der Waals surface area contributed by atoms with Crippen LogP contribution in [0.3, 0.4) is 0 Å². The summed E-state index contributed by atoms with van der Waals surface area (Å²) in [4.78, 5) is 0. The largest absolute Gasteiger partial charge is 0.433 e. The van der Waals surface area contributed by atoms with Crippen molar-refractivity contribution in [2.24, 2.45) is 0 Å². The monoisotopic (exact) mass is 191 g/mol. The molecule has 0 bridgehead atoms. The zero-order valence-corrected chi connectivity index (χ0v) is 6.85. The molecule has 72 valence electrons. The third kappa shape index (κ3) is 2.27. The van der Waals surface area contributed by atoms with Crippen LogP contribution in [0.2, 0.25) is 0 Å². The van der Waals surface area contributed by atoms with Gasteiger partial charge in [0.15, 0.2) is 5.75 Å². The van der Waals surface area contributed by atoms with Crippen molar-refractivity contribution >= 4 is 5.69 Å². The zero-order valence-electron chi connectivity index (χ0n) is 6.85. The average Bonchev–Trinajstić information content (AvgIpc) is 1.99. The smallest absolute Gasteiger partial charge is 0.387 e. The minimum Gasteiger partial charge on any atom is -0.433 e. The third-order valence-electron chi connectivity index (χ3n) is 1.51. The van der Waals surface area contributed by atoms with Crippen molar-refractivity contribution in [1.29, 1.82) is 0 Å². The summed E-state index contributed by atoms with van der Waals surface area (Å²) >= 11 is 0. The molecular formula is C8H8F3NO. The van der Waals surface area contributed by atoms with Gasteiger partial charge in [0.2, 0.25) is 0 Å². The molecule has 0 saturated carbocycles. The summed E-state index contributed by atoms with van der Waals surface area (Å²) in [5.74, 6) is -0.956. The first kappa shape index (κ1) is 9.70. The van der Waals surface area contributed by atoms with Gasteiger partial charge in [-0.15, -0.1) is 0 Å². The lowest BCUT2D eigenvalue weighted by molar-refractivity contribution is -0.0494. The van der Waals surface area contributed by atoms with E-state index in [1.54, 1.807) is 0 Å². The highest BCUT2D eigenvalue weighted by atomic mass is 19.3. The molecule has 1 aromatic rings. The normalized spacial score (nSPS) is 10.5. The summed E-state index contributed by atoms with van der Waals surface area (Å²) in [5, 5.41) is 0. The molecule has 1 aromatic carbocycles. The van der Waals surface area contributed by atoms with Crippen LogP contribution in [0.1, 0.15) is 5.56 Å². The molecule has 0 aliphatic rings. The number of benzene rings is 1. The number of alkyl halides is 2. The van der Waals surface area contributed by atoms with Crippen LogP contribution in [-0.4, -0.2) is 6.61 Å². The number of nitrogen functional groups attached to an aromatic ring is 1. The van der Waals surface area contributed by atoms with Crippen LogP contribution < -0.4 is 10.5 Å². The summed E-state index contributed by atoms with van der Waals surface area (Å²) in [5.41, 5.74) is 5.60. The molecule has 2 N–H and O–H groups in total. The number of nitrogens with two attached hydrogens (primary N) is 1. The van der Waals surface area contributed by atoms with Gasteiger partial charge in [-0.3, -0.25) is 0 Å². The lowest BCUT2D eigenvalue weighted by Gasteiger charge is -2.08. The second-order valence-corrected chi connectivity index (χ2v) is 2.52. The maximum atomic E-state index is 12.8. The highest BCUT2D eigenvalue weighted by molar-refractivity contribution is 5.54. The standard InChI is InChI=1S/C8H8F3NO/c1-4-2-6(12)7(3-5(4)9)13-8(10)11/h2-3,8H,12H2,1H3. The predicted molar refractivity (Wildman–Crippen MR) is 42.2 cm³/mol. The van der Waals surface area contributed by atoms with Crippen LogP contribution in [0.4, 0.5) is 18.9 Å². The number of hydrogen-bond acceptors (Lipinski definition) is 2.